The van der Waals surface area contributed by atoms with Crippen molar-refractivity contribution < 1.29 is 0 Å². The van der Waals surface area contributed by atoms with Gasteiger partial charge in [-0.25, -0.2) is 0 Å². The Kier molecular flexibility index (Phi) is 4.74. The maximum Gasteiger partial charge on any atom is 0.0328 e. The average molecular weight is 266 g/mol. The quantitative estimate of drug-likeness (QED) is 0.864. The van der Waals surface area contributed by atoms with E-state index in [1.54, 1.807) is 11.3 Å². The molecule has 2 aromatic rings. The highest BCUT2D eigenvalue weighted by atomic mass is 32.1. The third kappa shape index (κ3) is 3.92. The fourth-order valence-corrected chi connectivity index (χ4v) is 3.56. The Bertz CT molecular complexity index is 434. The molecule has 4 heteroatoms. The first kappa shape index (κ1) is 12.8. The molecule has 0 aliphatic heterocycles. The van der Waals surface area contributed by atoms with Gasteiger partial charge in [0.2, 0.25) is 0 Å². The Morgan fingerprint density at radius 3 is 2.71 bits per heavy atom. The number of hydrogen-bond donors (Lipinski definition) is 1. The van der Waals surface area contributed by atoms with Gasteiger partial charge in [0.1, 0.15) is 0 Å². The highest BCUT2D eigenvalue weighted by Gasteiger charge is 2.04. The molecule has 17 heavy (non-hydrogen) atoms. The maximum absolute atomic E-state index is 3.19. The van der Waals surface area contributed by atoms with Crippen molar-refractivity contribution in [3.05, 3.63) is 44.3 Å². The first-order chi connectivity index (χ1) is 8.28. The second-order valence-corrected chi connectivity index (χ2v) is 6.24. The summed E-state index contributed by atoms with van der Waals surface area (Å²) in [7, 11) is 4.16. The number of hydrogen-bond acceptors (Lipinski definition) is 4. The fraction of sp³-hybridized carbons (Fsp3) is 0.385. The second kappa shape index (κ2) is 6.31. The van der Waals surface area contributed by atoms with Crippen molar-refractivity contribution in [3.8, 4) is 0 Å². The molecule has 0 saturated heterocycles. The SMILES string of the molecule is CNCc1ccc(CN(C)Cc2ccsc2)s1. The Balaban J connectivity index is 1.86. The molecule has 0 fully saturated rings. The molecule has 0 aliphatic carbocycles. The Hall–Kier alpha value is -0.680. The monoisotopic (exact) mass is 266 g/mol. The molecule has 92 valence electrons. The summed E-state index contributed by atoms with van der Waals surface area (Å²) < 4.78 is 0. The van der Waals surface area contributed by atoms with Gasteiger partial charge in [-0.1, -0.05) is 0 Å². The second-order valence-electron chi connectivity index (χ2n) is 4.20. The van der Waals surface area contributed by atoms with Crippen LogP contribution in [0.15, 0.2) is 29.0 Å². The standard InChI is InChI=1S/C13H18N2S2/c1-14-7-12-3-4-13(17-12)9-15(2)8-11-5-6-16-10-11/h3-6,10,14H,7-9H2,1-2H3. The summed E-state index contributed by atoms with van der Waals surface area (Å²) in [5, 5.41) is 7.54. The van der Waals surface area contributed by atoms with Crippen LogP contribution in [0.1, 0.15) is 15.3 Å². The number of nitrogens with zero attached hydrogens (tertiary/aromatic N) is 1. The van der Waals surface area contributed by atoms with Gasteiger partial charge in [0.05, 0.1) is 0 Å². The van der Waals surface area contributed by atoms with E-state index in [2.05, 4.69) is 46.2 Å². The molecule has 0 bridgehead atoms. The topological polar surface area (TPSA) is 15.3 Å². The molecular formula is C13H18N2S2. The van der Waals surface area contributed by atoms with Crippen LogP contribution in [0.3, 0.4) is 0 Å². The highest BCUT2D eigenvalue weighted by molar-refractivity contribution is 7.11. The first-order valence-electron chi connectivity index (χ1n) is 5.69. The van der Waals surface area contributed by atoms with E-state index in [1.165, 1.54) is 15.3 Å². The van der Waals surface area contributed by atoms with Crippen molar-refractivity contribution in [2.24, 2.45) is 0 Å². The zero-order chi connectivity index (χ0) is 12.1. The summed E-state index contributed by atoms with van der Waals surface area (Å²) in [4.78, 5) is 5.20. The van der Waals surface area contributed by atoms with Crippen molar-refractivity contribution >= 4 is 22.7 Å². The van der Waals surface area contributed by atoms with Gasteiger partial charge < -0.3 is 5.32 Å². The molecule has 0 atom stereocenters. The molecule has 0 unspecified atom stereocenters. The zero-order valence-electron chi connectivity index (χ0n) is 10.3. The minimum absolute atomic E-state index is 0.971. The Labute approximate surface area is 111 Å². The lowest BCUT2D eigenvalue weighted by atomic mass is 10.3. The molecule has 2 rings (SSSR count). The predicted octanol–water partition coefficient (Wildman–Crippen LogP) is 3.16. The number of rotatable bonds is 6. The van der Waals surface area contributed by atoms with Crippen LogP contribution in [0.5, 0.6) is 0 Å². The lowest BCUT2D eigenvalue weighted by Gasteiger charge is -2.14. The van der Waals surface area contributed by atoms with Gasteiger partial charge in [0.25, 0.3) is 0 Å². The van der Waals surface area contributed by atoms with E-state index in [0.717, 1.165) is 19.6 Å². The van der Waals surface area contributed by atoms with E-state index in [1.807, 2.05) is 18.4 Å². The van der Waals surface area contributed by atoms with Gasteiger partial charge >= 0.3 is 0 Å². The van der Waals surface area contributed by atoms with Gasteiger partial charge in [-0.05, 0) is 48.6 Å². The predicted molar refractivity (Wildman–Crippen MR) is 76.6 cm³/mol. The molecule has 0 aliphatic rings. The van der Waals surface area contributed by atoms with Crippen LogP contribution < -0.4 is 5.32 Å². The Morgan fingerprint density at radius 2 is 2.00 bits per heavy atom. The largest absolute Gasteiger partial charge is 0.315 e. The van der Waals surface area contributed by atoms with Gasteiger partial charge in [0, 0.05) is 29.4 Å². The van der Waals surface area contributed by atoms with E-state index in [-0.39, 0.29) is 0 Å². The van der Waals surface area contributed by atoms with Crippen LogP contribution in [0.4, 0.5) is 0 Å². The Morgan fingerprint density at radius 1 is 1.18 bits per heavy atom. The van der Waals surface area contributed by atoms with Crippen molar-refractivity contribution in [2.75, 3.05) is 14.1 Å². The van der Waals surface area contributed by atoms with Gasteiger partial charge in [-0.2, -0.15) is 11.3 Å². The van der Waals surface area contributed by atoms with Crippen LogP contribution in [0, 0.1) is 0 Å². The molecule has 1 N–H and O–H groups in total. The fourth-order valence-electron chi connectivity index (χ4n) is 1.79. The van der Waals surface area contributed by atoms with Gasteiger partial charge in [-0.3, -0.25) is 4.90 Å². The summed E-state index contributed by atoms with van der Waals surface area (Å²) in [5.41, 5.74) is 1.41. The van der Waals surface area contributed by atoms with Gasteiger partial charge in [-0.15, -0.1) is 11.3 Å². The van der Waals surface area contributed by atoms with E-state index < -0.39 is 0 Å². The van der Waals surface area contributed by atoms with E-state index in [9.17, 15) is 0 Å². The lowest BCUT2D eigenvalue weighted by molar-refractivity contribution is 0.322. The number of nitrogens with one attached hydrogen (secondary N) is 1. The molecule has 0 radical (unpaired) electrons. The van der Waals surface area contributed by atoms with Crippen LogP contribution in [-0.4, -0.2) is 19.0 Å². The minimum Gasteiger partial charge on any atom is -0.315 e. The van der Waals surface area contributed by atoms with E-state index in [0.29, 0.717) is 0 Å². The maximum atomic E-state index is 3.19. The smallest absolute Gasteiger partial charge is 0.0328 e. The lowest BCUT2D eigenvalue weighted by Crippen LogP contribution is -2.15. The third-order valence-corrected chi connectivity index (χ3v) is 4.33. The summed E-state index contributed by atoms with van der Waals surface area (Å²) in [6.45, 7) is 3.03. The van der Waals surface area contributed by atoms with Crippen molar-refractivity contribution in [1.29, 1.82) is 0 Å². The van der Waals surface area contributed by atoms with E-state index in [4.69, 9.17) is 0 Å². The molecule has 0 spiro atoms. The van der Waals surface area contributed by atoms with Crippen molar-refractivity contribution in [3.63, 3.8) is 0 Å². The van der Waals surface area contributed by atoms with Crippen molar-refractivity contribution in [2.45, 2.75) is 19.6 Å². The van der Waals surface area contributed by atoms with Crippen molar-refractivity contribution in [1.82, 2.24) is 10.2 Å². The normalized spacial score (nSPS) is 11.2. The summed E-state index contributed by atoms with van der Waals surface area (Å²) in [6, 6.07) is 6.65. The molecule has 0 aromatic carbocycles. The minimum atomic E-state index is 0.971. The first-order valence-corrected chi connectivity index (χ1v) is 7.45. The molecular weight excluding hydrogens is 248 g/mol. The van der Waals surface area contributed by atoms with E-state index >= 15 is 0 Å². The summed E-state index contributed by atoms with van der Waals surface area (Å²) in [6.07, 6.45) is 0. The van der Waals surface area contributed by atoms with Gasteiger partial charge in [0.15, 0.2) is 0 Å². The number of thiophene rings is 2. The third-order valence-electron chi connectivity index (χ3n) is 2.53. The molecule has 2 aromatic heterocycles. The average Bonchev–Trinajstić information content (AvgIpc) is 2.91. The summed E-state index contributed by atoms with van der Waals surface area (Å²) >= 11 is 3.66. The molecule has 2 heterocycles. The van der Waals surface area contributed by atoms with Crippen LogP contribution >= 0.6 is 22.7 Å². The molecule has 0 amide bonds. The van der Waals surface area contributed by atoms with Crippen LogP contribution in [-0.2, 0) is 19.6 Å². The van der Waals surface area contributed by atoms with Crippen LogP contribution in [0.2, 0.25) is 0 Å². The zero-order valence-corrected chi connectivity index (χ0v) is 11.9. The molecule has 0 saturated carbocycles. The van der Waals surface area contributed by atoms with Crippen LogP contribution in [0.25, 0.3) is 0 Å². The highest BCUT2D eigenvalue weighted by Crippen LogP contribution is 2.19. The summed E-state index contributed by atoms with van der Waals surface area (Å²) in [5.74, 6) is 0. The molecule has 2 nitrogen and oxygen atoms in total.